The van der Waals surface area contributed by atoms with Crippen LogP contribution < -0.4 is 0 Å². The predicted molar refractivity (Wildman–Crippen MR) is 125 cm³/mol. The average molecular weight is 435 g/mol. The van der Waals surface area contributed by atoms with Gasteiger partial charge in [-0.15, -0.1) is 0 Å². The van der Waals surface area contributed by atoms with Gasteiger partial charge in [-0.1, -0.05) is 27.7 Å². The van der Waals surface area contributed by atoms with Gasteiger partial charge in [0.05, 0.1) is 0 Å². The van der Waals surface area contributed by atoms with E-state index >= 15 is 0 Å². The Morgan fingerprint density at radius 3 is 1.68 bits per heavy atom. The smallest absolute Gasteiger partial charge is 0.225 e. The molecule has 5 nitrogen and oxygen atoms in total. The molecule has 2 heterocycles. The molecule has 1 aliphatic carbocycles. The van der Waals surface area contributed by atoms with E-state index in [1.54, 1.807) is 0 Å². The molecule has 31 heavy (non-hydrogen) atoms. The van der Waals surface area contributed by atoms with Gasteiger partial charge < -0.3 is 14.5 Å². The highest BCUT2D eigenvalue weighted by Gasteiger charge is 2.32. The van der Waals surface area contributed by atoms with Crippen LogP contribution >= 0.6 is 0 Å². The van der Waals surface area contributed by atoms with Gasteiger partial charge in [-0.05, 0) is 75.0 Å². The number of hydrogen-bond acceptors (Lipinski definition) is 3. The van der Waals surface area contributed by atoms with Gasteiger partial charge in [0, 0.05) is 51.2 Å². The van der Waals surface area contributed by atoms with E-state index in [0.29, 0.717) is 17.7 Å². The van der Waals surface area contributed by atoms with E-state index in [1.165, 1.54) is 12.8 Å². The van der Waals surface area contributed by atoms with Crippen LogP contribution in [0.3, 0.4) is 0 Å². The van der Waals surface area contributed by atoms with Crippen LogP contribution in [0, 0.1) is 35.5 Å². The Bertz CT molecular complexity index is 567. The number of piperidine rings is 2. The van der Waals surface area contributed by atoms with Crippen LogP contribution in [0.4, 0.5) is 0 Å². The molecule has 5 heteroatoms. The fraction of sp³-hybridized carbons (Fsp3) is 0.923. The molecule has 178 valence electrons. The SMILES string of the molecule is CC(C)C(=O)N1CCC(COCC2CCN(C(=O)C3CCC(C(C)C)CC3)CC2)CC1. The summed E-state index contributed by atoms with van der Waals surface area (Å²) in [4.78, 5) is 29.2. The van der Waals surface area contributed by atoms with Gasteiger partial charge in [-0.25, -0.2) is 0 Å². The molecule has 2 aliphatic heterocycles. The van der Waals surface area contributed by atoms with Crippen molar-refractivity contribution in [3.05, 3.63) is 0 Å². The van der Waals surface area contributed by atoms with Crippen LogP contribution in [0.1, 0.15) is 79.1 Å². The van der Waals surface area contributed by atoms with Gasteiger partial charge in [0.1, 0.15) is 0 Å². The number of likely N-dealkylation sites (tertiary alicyclic amines) is 2. The van der Waals surface area contributed by atoms with E-state index in [9.17, 15) is 9.59 Å². The molecular formula is C26H46N2O3. The number of nitrogens with zero attached hydrogens (tertiary/aromatic N) is 2. The van der Waals surface area contributed by atoms with Crippen LogP contribution in [0.5, 0.6) is 0 Å². The van der Waals surface area contributed by atoms with E-state index in [1.807, 2.05) is 18.7 Å². The Hall–Kier alpha value is -1.10. The number of hydrogen-bond donors (Lipinski definition) is 0. The molecule has 1 saturated carbocycles. The first kappa shape index (κ1) is 24.5. The van der Waals surface area contributed by atoms with Gasteiger partial charge in [0.15, 0.2) is 0 Å². The van der Waals surface area contributed by atoms with Crippen molar-refractivity contribution in [2.75, 3.05) is 39.4 Å². The minimum atomic E-state index is 0.0978. The van der Waals surface area contributed by atoms with E-state index in [-0.39, 0.29) is 17.7 Å². The number of ether oxygens (including phenoxy) is 1. The Labute approximate surface area is 190 Å². The zero-order chi connectivity index (χ0) is 22.4. The van der Waals surface area contributed by atoms with Crippen LogP contribution in [-0.4, -0.2) is 61.0 Å². The number of rotatable bonds is 7. The summed E-state index contributed by atoms with van der Waals surface area (Å²) >= 11 is 0. The van der Waals surface area contributed by atoms with E-state index in [2.05, 4.69) is 18.7 Å². The third kappa shape index (κ3) is 6.94. The third-order valence-electron chi connectivity index (χ3n) is 8.12. The topological polar surface area (TPSA) is 49.9 Å². The standard InChI is InChI=1S/C26H46N2O3/c1-19(2)23-5-7-24(8-6-23)26(30)28-15-11-22(12-16-28)18-31-17-21-9-13-27(14-10-21)25(29)20(3)4/h19-24H,5-18H2,1-4H3. The van der Waals surface area contributed by atoms with Gasteiger partial charge in [-0.2, -0.15) is 0 Å². The molecule has 3 rings (SSSR count). The molecule has 3 fully saturated rings. The van der Waals surface area contributed by atoms with Crippen molar-refractivity contribution in [3.63, 3.8) is 0 Å². The van der Waals surface area contributed by atoms with Crippen molar-refractivity contribution in [2.45, 2.75) is 79.1 Å². The molecule has 0 aromatic carbocycles. The summed E-state index contributed by atoms with van der Waals surface area (Å²) in [5.74, 6) is 3.81. The third-order valence-corrected chi connectivity index (χ3v) is 8.12. The predicted octanol–water partition coefficient (Wildman–Crippen LogP) is 4.60. The number of carbonyl (C=O) groups is 2. The molecular weight excluding hydrogens is 388 g/mol. The Balaban J connectivity index is 1.28. The highest BCUT2D eigenvalue weighted by Crippen LogP contribution is 2.34. The second-order valence-electron chi connectivity index (χ2n) is 11.1. The van der Waals surface area contributed by atoms with Crippen molar-refractivity contribution in [1.29, 1.82) is 0 Å². The molecule has 0 spiro atoms. The van der Waals surface area contributed by atoms with Crippen molar-refractivity contribution in [3.8, 4) is 0 Å². The molecule has 2 amide bonds. The first-order valence-corrected chi connectivity index (χ1v) is 13.0. The van der Waals surface area contributed by atoms with Crippen molar-refractivity contribution in [2.24, 2.45) is 35.5 Å². The molecule has 0 aromatic heterocycles. The zero-order valence-electron chi connectivity index (χ0n) is 20.5. The summed E-state index contributed by atoms with van der Waals surface area (Å²) < 4.78 is 6.10. The summed E-state index contributed by atoms with van der Waals surface area (Å²) in [7, 11) is 0. The van der Waals surface area contributed by atoms with Crippen molar-refractivity contribution >= 4 is 11.8 Å². The first-order chi connectivity index (χ1) is 14.8. The van der Waals surface area contributed by atoms with Crippen molar-refractivity contribution < 1.29 is 14.3 Å². The first-order valence-electron chi connectivity index (χ1n) is 13.0. The molecule has 3 aliphatic rings. The summed E-state index contributed by atoms with van der Waals surface area (Å²) in [5, 5.41) is 0. The lowest BCUT2D eigenvalue weighted by molar-refractivity contribution is -0.138. The van der Waals surface area contributed by atoms with Crippen LogP contribution in [0.25, 0.3) is 0 Å². The number of carbonyl (C=O) groups excluding carboxylic acids is 2. The lowest BCUT2D eigenvalue weighted by atomic mass is 9.76. The maximum Gasteiger partial charge on any atom is 0.225 e. The second-order valence-corrected chi connectivity index (χ2v) is 11.1. The molecule has 0 bridgehead atoms. The quantitative estimate of drug-likeness (QED) is 0.588. The monoisotopic (exact) mass is 434 g/mol. The van der Waals surface area contributed by atoms with E-state index < -0.39 is 0 Å². The lowest BCUT2D eigenvalue weighted by Crippen LogP contribution is -2.43. The minimum Gasteiger partial charge on any atom is -0.381 e. The summed E-state index contributed by atoms with van der Waals surface area (Å²) in [5.41, 5.74) is 0. The van der Waals surface area contributed by atoms with Crippen LogP contribution in [-0.2, 0) is 14.3 Å². The van der Waals surface area contributed by atoms with Gasteiger partial charge in [0.2, 0.25) is 11.8 Å². The van der Waals surface area contributed by atoms with Gasteiger partial charge in [0.25, 0.3) is 0 Å². The normalized spacial score (nSPS) is 26.6. The number of amides is 2. The molecule has 0 N–H and O–H groups in total. The maximum absolute atomic E-state index is 12.9. The summed E-state index contributed by atoms with van der Waals surface area (Å²) in [6.45, 7) is 13.8. The molecule has 0 unspecified atom stereocenters. The fourth-order valence-corrected chi connectivity index (χ4v) is 5.70. The zero-order valence-corrected chi connectivity index (χ0v) is 20.5. The molecule has 0 atom stereocenters. The largest absolute Gasteiger partial charge is 0.381 e. The highest BCUT2D eigenvalue weighted by atomic mass is 16.5. The van der Waals surface area contributed by atoms with Gasteiger partial charge in [-0.3, -0.25) is 9.59 Å². The van der Waals surface area contributed by atoms with Crippen LogP contribution in [0.15, 0.2) is 0 Å². The van der Waals surface area contributed by atoms with E-state index in [4.69, 9.17) is 4.74 Å². The van der Waals surface area contributed by atoms with Crippen molar-refractivity contribution in [1.82, 2.24) is 9.80 Å². The molecule has 2 saturated heterocycles. The molecule has 0 aromatic rings. The van der Waals surface area contributed by atoms with Crippen LogP contribution in [0.2, 0.25) is 0 Å². The Kier molecular flexibility index (Phi) is 9.24. The summed E-state index contributed by atoms with van der Waals surface area (Å²) in [6, 6.07) is 0. The average Bonchev–Trinajstić information content (AvgIpc) is 2.79. The maximum atomic E-state index is 12.9. The Morgan fingerprint density at radius 2 is 1.23 bits per heavy atom. The fourth-order valence-electron chi connectivity index (χ4n) is 5.70. The minimum absolute atomic E-state index is 0.0978. The summed E-state index contributed by atoms with van der Waals surface area (Å²) in [6.07, 6.45) is 8.90. The lowest BCUT2D eigenvalue weighted by Gasteiger charge is -2.37. The Morgan fingerprint density at radius 1 is 0.742 bits per heavy atom. The second kappa shape index (κ2) is 11.7. The van der Waals surface area contributed by atoms with E-state index in [0.717, 1.165) is 89.8 Å². The van der Waals surface area contributed by atoms with Gasteiger partial charge >= 0.3 is 0 Å². The molecule has 0 radical (unpaired) electrons. The highest BCUT2D eigenvalue weighted by molar-refractivity contribution is 5.79.